The van der Waals surface area contributed by atoms with Crippen molar-refractivity contribution in [3.8, 4) is 5.75 Å². The third-order valence-corrected chi connectivity index (χ3v) is 4.97. The average Bonchev–Trinajstić information content (AvgIpc) is 3.08. The highest BCUT2D eigenvalue weighted by atomic mass is 35.5. The van der Waals surface area contributed by atoms with E-state index in [1.165, 1.54) is 11.3 Å². The molecule has 0 fully saturated rings. The lowest BCUT2D eigenvalue weighted by molar-refractivity contribution is 0.0751. The predicted octanol–water partition coefficient (Wildman–Crippen LogP) is 3.81. The Morgan fingerprint density at radius 1 is 1.18 bits per heavy atom. The first-order valence-corrected chi connectivity index (χ1v) is 7.96. The Labute approximate surface area is 135 Å². The molecular weight excluding hydrogens is 320 g/mol. The molecule has 3 aromatic rings. The number of aromatic hydroxyl groups is 1. The smallest absolute Gasteiger partial charge is 0.283 e. The lowest BCUT2D eigenvalue weighted by atomic mass is 10.1. The molecule has 0 radical (unpaired) electrons. The molecule has 6 heteroatoms. The highest BCUT2D eigenvalue weighted by molar-refractivity contribution is 7.20. The van der Waals surface area contributed by atoms with Crippen LogP contribution in [0.25, 0.3) is 10.2 Å². The number of amides is 1. The number of hydrogen-bond acceptors (Lipinski definition) is 4. The second-order valence-electron chi connectivity index (χ2n) is 5.25. The second kappa shape index (κ2) is 4.97. The van der Waals surface area contributed by atoms with Gasteiger partial charge in [0, 0.05) is 18.1 Å². The Kier molecular flexibility index (Phi) is 3.06. The van der Waals surface area contributed by atoms with E-state index < -0.39 is 0 Å². The zero-order valence-corrected chi connectivity index (χ0v) is 13.0. The van der Waals surface area contributed by atoms with Gasteiger partial charge in [-0.1, -0.05) is 17.7 Å². The summed E-state index contributed by atoms with van der Waals surface area (Å²) < 4.78 is 0.808. The third kappa shape index (κ3) is 2.23. The zero-order valence-electron chi connectivity index (χ0n) is 11.4. The normalized spacial score (nSPS) is 13.6. The van der Waals surface area contributed by atoms with Crippen LogP contribution < -0.4 is 0 Å². The first-order valence-electron chi connectivity index (χ1n) is 6.76. The van der Waals surface area contributed by atoms with Crippen LogP contribution in [-0.2, 0) is 13.1 Å². The van der Waals surface area contributed by atoms with Crippen molar-refractivity contribution >= 4 is 39.1 Å². The molecule has 1 aromatic heterocycles. The molecule has 4 rings (SSSR count). The van der Waals surface area contributed by atoms with Crippen LogP contribution in [0.4, 0.5) is 0 Å². The fraction of sp³-hybridized carbons (Fsp3) is 0.125. The standard InChI is InChI=1S/C16H11ClN2O2S/c17-11-2-1-9-7-19(8-10(9)5-11)16(21)15-18-13-4-3-12(20)6-14(13)22-15/h1-6,20H,7-8H2. The van der Waals surface area contributed by atoms with Gasteiger partial charge in [-0.05, 0) is 41.5 Å². The molecule has 1 N–H and O–H groups in total. The minimum absolute atomic E-state index is 0.0898. The predicted molar refractivity (Wildman–Crippen MR) is 86.3 cm³/mol. The Hall–Kier alpha value is -2.11. The zero-order chi connectivity index (χ0) is 15.3. The van der Waals surface area contributed by atoms with Crippen molar-refractivity contribution in [1.29, 1.82) is 0 Å². The van der Waals surface area contributed by atoms with Gasteiger partial charge in [-0.2, -0.15) is 0 Å². The van der Waals surface area contributed by atoms with E-state index in [4.69, 9.17) is 11.6 Å². The summed E-state index contributed by atoms with van der Waals surface area (Å²) in [5.74, 6) is 0.0892. The Balaban J connectivity index is 1.64. The van der Waals surface area contributed by atoms with Crippen molar-refractivity contribution in [3.05, 3.63) is 57.6 Å². The number of phenolic OH excluding ortho intramolecular Hbond substituents is 1. The number of rotatable bonds is 1. The fourth-order valence-corrected chi connectivity index (χ4v) is 3.81. The largest absolute Gasteiger partial charge is 0.508 e. The van der Waals surface area contributed by atoms with Gasteiger partial charge in [0.2, 0.25) is 0 Å². The van der Waals surface area contributed by atoms with Crippen LogP contribution in [0.15, 0.2) is 36.4 Å². The molecule has 2 heterocycles. The van der Waals surface area contributed by atoms with Crippen LogP contribution in [0.5, 0.6) is 5.75 Å². The molecule has 0 saturated carbocycles. The molecule has 2 aromatic carbocycles. The maximum Gasteiger partial charge on any atom is 0.283 e. The average molecular weight is 331 g/mol. The van der Waals surface area contributed by atoms with Crippen LogP contribution in [0.3, 0.4) is 0 Å². The lowest BCUT2D eigenvalue weighted by Crippen LogP contribution is -2.25. The molecule has 4 nitrogen and oxygen atoms in total. The number of hydrogen-bond donors (Lipinski definition) is 1. The van der Waals surface area contributed by atoms with E-state index in [0.29, 0.717) is 23.1 Å². The number of phenols is 1. The van der Waals surface area contributed by atoms with Gasteiger partial charge in [0.15, 0.2) is 5.01 Å². The molecule has 0 aliphatic carbocycles. The summed E-state index contributed by atoms with van der Waals surface area (Å²) in [7, 11) is 0. The van der Waals surface area contributed by atoms with Crippen molar-refractivity contribution in [2.24, 2.45) is 0 Å². The van der Waals surface area contributed by atoms with Crippen LogP contribution >= 0.6 is 22.9 Å². The maximum absolute atomic E-state index is 12.6. The highest BCUT2D eigenvalue weighted by Gasteiger charge is 2.26. The summed E-state index contributed by atoms with van der Waals surface area (Å²) in [5.41, 5.74) is 2.93. The second-order valence-corrected chi connectivity index (χ2v) is 6.71. The van der Waals surface area contributed by atoms with E-state index in [1.807, 2.05) is 18.2 Å². The summed E-state index contributed by atoms with van der Waals surface area (Å²) in [5, 5.41) is 10.6. The molecule has 110 valence electrons. The number of carbonyl (C=O) groups excluding carboxylic acids is 1. The number of halogens is 1. The van der Waals surface area contributed by atoms with Crippen LogP contribution in [0, 0.1) is 0 Å². The molecular formula is C16H11ClN2O2S. The Bertz CT molecular complexity index is 906. The van der Waals surface area contributed by atoms with E-state index in [2.05, 4.69) is 4.98 Å². The van der Waals surface area contributed by atoms with E-state index in [1.54, 1.807) is 23.1 Å². The number of carbonyl (C=O) groups is 1. The van der Waals surface area contributed by atoms with Crippen molar-refractivity contribution in [2.75, 3.05) is 0 Å². The van der Waals surface area contributed by atoms with E-state index >= 15 is 0 Å². The minimum Gasteiger partial charge on any atom is -0.508 e. The van der Waals surface area contributed by atoms with Crippen LogP contribution in [-0.4, -0.2) is 20.9 Å². The van der Waals surface area contributed by atoms with Crippen molar-refractivity contribution in [1.82, 2.24) is 9.88 Å². The summed E-state index contributed by atoms with van der Waals surface area (Å²) in [6.07, 6.45) is 0. The van der Waals surface area contributed by atoms with Gasteiger partial charge < -0.3 is 10.0 Å². The SMILES string of the molecule is O=C(c1nc2ccc(O)cc2s1)N1Cc2ccc(Cl)cc2C1. The van der Waals surface area contributed by atoms with Gasteiger partial charge in [0.25, 0.3) is 5.91 Å². The number of aromatic nitrogens is 1. The molecule has 22 heavy (non-hydrogen) atoms. The Morgan fingerprint density at radius 2 is 2.00 bits per heavy atom. The van der Waals surface area contributed by atoms with Gasteiger partial charge in [-0.15, -0.1) is 11.3 Å². The quantitative estimate of drug-likeness (QED) is 0.738. The van der Waals surface area contributed by atoms with Gasteiger partial charge in [0.1, 0.15) is 5.75 Å². The third-order valence-electron chi connectivity index (χ3n) is 3.73. The first-order chi connectivity index (χ1) is 10.6. The first kappa shape index (κ1) is 13.5. The number of fused-ring (bicyclic) bond motifs is 2. The van der Waals surface area contributed by atoms with Crippen LogP contribution in [0.2, 0.25) is 5.02 Å². The summed E-state index contributed by atoms with van der Waals surface area (Å²) in [6.45, 7) is 1.13. The molecule has 0 saturated heterocycles. The van der Waals surface area contributed by atoms with Crippen molar-refractivity contribution in [3.63, 3.8) is 0 Å². The fourth-order valence-electron chi connectivity index (χ4n) is 2.65. The van der Waals surface area contributed by atoms with E-state index in [9.17, 15) is 9.90 Å². The van der Waals surface area contributed by atoms with Gasteiger partial charge in [0.05, 0.1) is 10.2 Å². The van der Waals surface area contributed by atoms with E-state index in [0.717, 1.165) is 21.3 Å². The topological polar surface area (TPSA) is 53.4 Å². The molecule has 1 aliphatic heterocycles. The summed E-state index contributed by atoms with van der Waals surface area (Å²) in [4.78, 5) is 18.8. The van der Waals surface area contributed by atoms with E-state index in [-0.39, 0.29) is 11.7 Å². The van der Waals surface area contributed by atoms with Crippen LogP contribution in [0.1, 0.15) is 20.9 Å². The molecule has 0 bridgehead atoms. The summed E-state index contributed by atoms with van der Waals surface area (Å²) >= 11 is 7.30. The maximum atomic E-state index is 12.6. The minimum atomic E-state index is -0.0898. The molecule has 0 unspecified atom stereocenters. The van der Waals surface area contributed by atoms with Crippen molar-refractivity contribution < 1.29 is 9.90 Å². The van der Waals surface area contributed by atoms with Crippen molar-refractivity contribution in [2.45, 2.75) is 13.1 Å². The Morgan fingerprint density at radius 3 is 2.86 bits per heavy atom. The number of benzene rings is 2. The van der Waals surface area contributed by atoms with Gasteiger partial charge >= 0.3 is 0 Å². The van der Waals surface area contributed by atoms with Gasteiger partial charge in [-0.3, -0.25) is 4.79 Å². The monoisotopic (exact) mass is 330 g/mol. The highest BCUT2D eigenvalue weighted by Crippen LogP contribution is 2.30. The molecule has 0 atom stereocenters. The molecule has 0 spiro atoms. The molecule has 1 aliphatic rings. The van der Waals surface area contributed by atoms with Gasteiger partial charge in [-0.25, -0.2) is 4.98 Å². The number of thiazole rings is 1. The number of nitrogens with zero attached hydrogens (tertiary/aromatic N) is 2. The molecule has 1 amide bonds. The summed E-state index contributed by atoms with van der Waals surface area (Å²) in [6, 6.07) is 10.6. The lowest BCUT2D eigenvalue weighted by Gasteiger charge is -2.12.